The maximum Gasteiger partial charge on any atom is 0.327 e. The van der Waals surface area contributed by atoms with Gasteiger partial charge in [0.05, 0.1) is 0 Å². The molecule has 0 unspecified atom stereocenters. The Bertz CT molecular complexity index is 817. The third-order valence-corrected chi connectivity index (χ3v) is 4.34. The molecule has 0 fully saturated rings. The van der Waals surface area contributed by atoms with Crippen LogP contribution in [0.3, 0.4) is 0 Å². The van der Waals surface area contributed by atoms with Crippen LogP contribution in [0.5, 0.6) is 0 Å². The zero-order chi connectivity index (χ0) is 18.0. The van der Waals surface area contributed by atoms with Gasteiger partial charge in [0.15, 0.2) is 0 Å². The summed E-state index contributed by atoms with van der Waals surface area (Å²) >= 11 is 0. The largest absolute Gasteiger partial charge is 0.345 e. The van der Waals surface area contributed by atoms with Crippen LogP contribution in [0.1, 0.15) is 28.4 Å². The minimum atomic E-state index is -0.232. The molecule has 6 nitrogen and oxygen atoms in total. The molecular formula is C19H22N4O2. The number of hydrogen-bond acceptors (Lipinski definition) is 3. The molecule has 0 atom stereocenters. The molecule has 6 heteroatoms. The van der Waals surface area contributed by atoms with Crippen LogP contribution in [0.25, 0.3) is 0 Å². The first-order valence-electron chi connectivity index (χ1n) is 8.37. The van der Waals surface area contributed by atoms with E-state index in [2.05, 4.69) is 29.4 Å². The SMILES string of the molecule is CCc1ccc2c(c1)CCN2C(=O)Nc1cc(C(=O)N(C)C)ccn1. The number of carbonyl (C=O) groups excluding carboxylic acids is 2. The van der Waals surface area contributed by atoms with E-state index in [1.165, 1.54) is 22.2 Å². The lowest BCUT2D eigenvalue weighted by molar-refractivity contribution is 0.0827. The van der Waals surface area contributed by atoms with Gasteiger partial charge in [0, 0.05) is 38.1 Å². The first kappa shape index (κ1) is 17.0. The summed E-state index contributed by atoms with van der Waals surface area (Å²) in [4.78, 5) is 32.0. The van der Waals surface area contributed by atoms with Gasteiger partial charge in [0.1, 0.15) is 5.82 Å². The summed E-state index contributed by atoms with van der Waals surface area (Å²) in [5.74, 6) is 0.243. The van der Waals surface area contributed by atoms with Gasteiger partial charge in [0.2, 0.25) is 0 Å². The van der Waals surface area contributed by atoms with Crippen LogP contribution >= 0.6 is 0 Å². The van der Waals surface area contributed by atoms with Gasteiger partial charge in [-0.05, 0) is 42.2 Å². The van der Waals surface area contributed by atoms with E-state index < -0.39 is 0 Å². The van der Waals surface area contributed by atoms with Gasteiger partial charge in [-0.2, -0.15) is 0 Å². The van der Waals surface area contributed by atoms with Gasteiger partial charge < -0.3 is 4.90 Å². The van der Waals surface area contributed by atoms with Crippen LogP contribution in [-0.2, 0) is 12.8 Å². The van der Waals surface area contributed by atoms with Crippen LogP contribution in [0.2, 0.25) is 0 Å². The predicted molar refractivity (Wildman–Crippen MR) is 98.1 cm³/mol. The lowest BCUT2D eigenvalue weighted by atomic mass is 10.1. The van der Waals surface area contributed by atoms with Crippen molar-refractivity contribution in [3.05, 3.63) is 53.2 Å². The minimum absolute atomic E-state index is 0.128. The molecule has 1 aromatic carbocycles. The summed E-state index contributed by atoms with van der Waals surface area (Å²) in [5, 5.41) is 2.79. The highest BCUT2D eigenvalue weighted by molar-refractivity contribution is 6.03. The van der Waals surface area contributed by atoms with Crippen molar-refractivity contribution >= 4 is 23.4 Å². The Hall–Kier alpha value is -2.89. The highest BCUT2D eigenvalue weighted by Crippen LogP contribution is 2.29. The summed E-state index contributed by atoms with van der Waals surface area (Å²) in [5.41, 5.74) is 3.90. The first-order chi connectivity index (χ1) is 12.0. The van der Waals surface area contributed by atoms with E-state index in [1.54, 1.807) is 31.1 Å². The summed E-state index contributed by atoms with van der Waals surface area (Å²) in [7, 11) is 3.37. The number of benzene rings is 1. The molecule has 3 amide bonds. The van der Waals surface area contributed by atoms with Crippen LogP contribution in [-0.4, -0.2) is 42.5 Å². The lowest BCUT2D eigenvalue weighted by Crippen LogP contribution is -2.33. The van der Waals surface area contributed by atoms with Crippen LogP contribution in [0.4, 0.5) is 16.3 Å². The van der Waals surface area contributed by atoms with Crippen molar-refractivity contribution in [1.82, 2.24) is 9.88 Å². The molecule has 1 aliphatic heterocycles. The van der Waals surface area contributed by atoms with E-state index in [4.69, 9.17) is 0 Å². The molecule has 0 aliphatic carbocycles. The fourth-order valence-corrected chi connectivity index (χ4v) is 2.95. The minimum Gasteiger partial charge on any atom is -0.345 e. The molecule has 1 N–H and O–H groups in total. The molecule has 0 radical (unpaired) electrons. The highest BCUT2D eigenvalue weighted by Gasteiger charge is 2.25. The summed E-state index contributed by atoms with van der Waals surface area (Å²) in [6.07, 6.45) is 3.36. The molecular weight excluding hydrogens is 316 g/mol. The lowest BCUT2D eigenvalue weighted by Gasteiger charge is -2.18. The van der Waals surface area contributed by atoms with E-state index in [0.717, 1.165) is 18.5 Å². The zero-order valence-corrected chi connectivity index (χ0v) is 14.7. The molecule has 130 valence electrons. The first-order valence-corrected chi connectivity index (χ1v) is 8.37. The van der Waals surface area contributed by atoms with Crippen molar-refractivity contribution in [2.75, 3.05) is 30.9 Å². The normalized spacial score (nSPS) is 12.7. The zero-order valence-electron chi connectivity index (χ0n) is 14.7. The fourth-order valence-electron chi connectivity index (χ4n) is 2.95. The number of fused-ring (bicyclic) bond motifs is 1. The summed E-state index contributed by atoms with van der Waals surface area (Å²) in [6, 6.07) is 9.22. The number of amides is 3. The second-order valence-electron chi connectivity index (χ2n) is 6.28. The van der Waals surface area contributed by atoms with Gasteiger partial charge >= 0.3 is 6.03 Å². The molecule has 2 aromatic rings. The number of nitrogens with one attached hydrogen (secondary N) is 1. The van der Waals surface area contributed by atoms with E-state index >= 15 is 0 Å². The van der Waals surface area contributed by atoms with Gasteiger partial charge in [-0.3, -0.25) is 15.0 Å². The third-order valence-electron chi connectivity index (χ3n) is 4.34. The van der Waals surface area contributed by atoms with Crippen molar-refractivity contribution in [3.63, 3.8) is 0 Å². The van der Waals surface area contributed by atoms with Gasteiger partial charge in [-0.25, -0.2) is 9.78 Å². The molecule has 1 aliphatic rings. The Morgan fingerprint density at radius 3 is 2.76 bits per heavy atom. The molecule has 3 rings (SSSR count). The molecule has 0 saturated heterocycles. The number of rotatable bonds is 3. The maximum atomic E-state index is 12.6. The average Bonchev–Trinajstić information content (AvgIpc) is 3.04. The van der Waals surface area contributed by atoms with Crippen LogP contribution in [0.15, 0.2) is 36.5 Å². The number of anilines is 2. The van der Waals surface area contributed by atoms with Crippen LogP contribution < -0.4 is 10.2 Å². The van der Waals surface area contributed by atoms with Gasteiger partial charge in [-0.1, -0.05) is 19.1 Å². The molecule has 0 spiro atoms. The van der Waals surface area contributed by atoms with Crippen molar-refractivity contribution in [2.45, 2.75) is 19.8 Å². The standard InChI is InChI=1S/C19H22N4O2/c1-4-13-5-6-16-14(11-13)8-10-23(16)19(25)21-17-12-15(7-9-20-17)18(24)22(2)3/h5-7,9,11-12H,4,8,10H2,1-3H3,(H,20,21,25). The maximum absolute atomic E-state index is 12.6. The molecule has 0 bridgehead atoms. The quantitative estimate of drug-likeness (QED) is 0.936. The van der Waals surface area contributed by atoms with Crippen molar-refractivity contribution in [2.24, 2.45) is 0 Å². The number of aryl methyl sites for hydroxylation is 1. The average molecular weight is 338 g/mol. The smallest absolute Gasteiger partial charge is 0.327 e. The number of carbonyl (C=O) groups is 2. The van der Waals surface area contributed by atoms with E-state index in [1.807, 2.05) is 6.07 Å². The number of hydrogen-bond donors (Lipinski definition) is 1. The van der Waals surface area contributed by atoms with E-state index in [0.29, 0.717) is 17.9 Å². The number of aromatic nitrogens is 1. The van der Waals surface area contributed by atoms with E-state index in [-0.39, 0.29) is 11.9 Å². The topological polar surface area (TPSA) is 65.5 Å². The monoisotopic (exact) mass is 338 g/mol. The third kappa shape index (κ3) is 3.47. The predicted octanol–water partition coefficient (Wildman–Crippen LogP) is 2.94. The number of nitrogens with zero attached hydrogens (tertiary/aromatic N) is 3. The second kappa shape index (κ2) is 6.93. The van der Waals surface area contributed by atoms with Crippen molar-refractivity contribution < 1.29 is 9.59 Å². The Labute approximate surface area is 147 Å². The molecule has 1 aromatic heterocycles. The van der Waals surface area contributed by atoms with Gasteiger partial charge in [-0.15, -0.1) is 0 Å². The number of pyridine rings is 1. The highest BCUT2D eigenvalue weighted by atomic mass is 16.2. The molecule has 25 heavy (non-hydrogen) atoms. The van der Waals surface area contributed by atoms with Gasteiger partial charge in [0.25, 0.3) is 5.91 Å². The van der Waals surface area contributed by atoms with Crippen LogP contribution in [0, 0.1) is 0 Å². The van der Waals surface area contributed by atoms with Crippen molar-refractivity contribution in [1.29, 1.82) is 0 Å². The molecule has 0 saturated carbocycles. The number of urea groups is 1. The fraction of sp³-hybridized carbons (Fsp3) is 0.316. The Kier molecular flexibility index (Phi) is 4.70. The summed E-state index contributed by atoms with van der Waals surface area (Å²) in [6.45, 7) is 2.76. The Balaban J connectivity index is 1.76. The Morgan fingerprint density at radius 2 is 2.04 bits per heavy atom. The van der Waals surface area contributed by atoms with Crippen molar-refractivity contribution in [3.8, 4) is 0 Å². The summed E-state index contributed by atoms with van der Waals surface area (Å²) < 4.78 is 0. The van der Waals surface area contributed by atoms with E-state index in [9.17, 15) is 9.59 Å². The molecule has 2 heterocycles. The Morgan fingerprint density at radius 1 is 1.24 bits per heavy atom. The second-order valence-corrected chi connectivity index (χ2v) is 6.28.